The highest BCUT2D eigenvalue weighted by Gasteiger charge is 2.27. The quantitative estimate of drug-likeness (QED) is 0.238. The normalized spacial score (nSPS) is 17.6. The Labute approximate surface area is 206 Å². The monoisotopic (exact) mass is 559 g/mol. The number of piperazine rings is 1. The molecule has 0 saturated carbocycles. The second kappa shape index (κ2) is 13.4. The van der Waals surface area contributed by atoms with Gasteiger partial charge < -0.3 is 24.8 Å². The van der Waals surface area contributed by atoms with E-state index in [1.54, 1.807) is 18.5 Å². The largest absolute Gasteiger partial charge is 0.469 e. The fourth-order valence-electron chi connectivity index (χ4n) is 3.95. The Hall–Kier alpha value is -2.18. The van der Waals surface area contributed by atoms with Crippen molar-refractivity contribution in [2.24, 2.45) is 10.9 Å². The van der Waals surface area contributed by atoms with Gasteiger partial charge in [-0.05, 0) is 25.8 Å². The number of hydrogen-bond acceptors (Lipinski definition) is 7. The number of halogens is 1. The molecule has 32 heavy (non-hydrogen) atoms. The van der Waals surface area contributed by atoms with Crippen molar-refractivity contribution in [3.8, 4) is 0 Å². The van der Waals surface area contributed by atoms with E-state index in [1.807, 2.05) is 11.8 Å². The number of guanidine groups is 1. The topological polar surface area (TPSA) is 103 Å². The Morgan fingerprint density at radius 1 is 1.09 bits per heavy atom. The lowest BCUT2D eigenvalue weighted by Crippen LogP contribution is -2.49. The number of aromatic nitrogens is 2. The average Bonchev–Trinajstić information content (AvgIpc) is 2.83. The molecule has 3 rings (SSSR count). The van der Waals surface area contributed by atoms with Gasteiger partial charge in [0.1, 0.15) is 0 Å². The van der Waals surface area contributed by atoms with Gasteiger partial charge in [0.15, 0.2) is 5.96 Å². The van der Waals surface area contributed by atoms with Crippen LogP contribution in [0.25, 0.3) is 0 Å². The summed E-state index contributed by atoms with van der Waals surface area (Å²) in [5.41, 5.74) is 0. The molecule has 1 aromatic heterocycles. The van der Waals surface area contributed by atoms with Crippen molar-refractivity contribution >= 4 is 47.8 Å². The van der Waals surface area contributed by atoms with Crippen molar-refractivity contribution in [3.63, 3.8) is 0 Å². The number of carbonyl (C=O) groups is 2. The van der Waals surface area contributed by atoms with Crippen molar-refractivity contribution in [1.82, 2.24) is 25.1 Å². The Morgan fingerprint density at radius 2 is 1.75 bits per heavy atom. The Bertz CT molecular complexity index is 749. The minimum atomic E-state index is -0.133. The summed E-state index contributed by atoms with van der Waals surface area (Å²) in [7, 11) is 1.44. The first-order valence-corrected chi connectivity index (χ1v) is 11.0. The third kappa shape index (κ3) is 7.17. The average molecular weight is 559 g/mol. The van der Waals surface area contributed by atoms with Gasteiger partial charge in [0.2, 0.25) is 11.9 Å². The van der Waals surface area contributed by atoms with Crippen molar-refractivity contribution in [3.05, 3.63) is 18.5 Å². The van der Waals surface area contributed by atoms with E-state index in [-0.39, 0.29) is 41.8 Å². The van der Waals surface area contributed by atoms with E-state index in [0.29, 0.717) is 32.0 Å². The lowest BCUT2D eigenvalue weighted by Gasteiger charge is -2.35. The number of anilines is 1. The lowest BCUT2D eigenvalue weighted by atomic mass is 9.97. The number of likely N-dealkylation sites (tertiary alicyclic amines) is 1. The van der Waals surface area contributed by atoms with Crippen LogP contribution in [0.4, 0.5) is 5.95 Å². The number of amides is 1. The van der Waals surface area contributed by atoms with E-state index in [1.165, 1.54) is 7.11 Å². The van der Waals surface area contributed by atoms with E-state index < -0.39 is 0 Å². The minimum absolute atomic E-state index is 0. The third-order valence-corrected chi connectivity index (χ3v) is 5.72. The number of piperidine rings is 1. The van der Waals surface area contributed by atoms with Gasteiger partial charge >= 0.3 is 5.97 Å². The van der Waals surface area contributed by atoms with Crippen LogP contribution in [-0.4, -0.2) is 97.1 Å². The van der Waals surface area contributed by atoms with Crippen LogP contribution in [0.2, 0.25) is 0 Å². The molecule has 10 nitrogen and oxygen atoms in total. The van der Waals surface area contributed by atoms with Crippen LogP contribution in [0.3, 0.4) is 0 Å². The summed E-state index contributed by atoms with van der Waals surface area (Å²) in [5, 5.41) is 3.30. The number of carbonyl (C=O) groups excluding carboxylic acids is 2. The smallest absolute Gasteiger partial charge is 0.308 e. The maximum atomic E-state index is 12.6. The van der Waals surface area contributed by atoms with Crippen LogP contribution in [0.15, 0.2) is 23.5 Å². The zero-order chi connectivity index (χ0) is 22.1. The maximum absolute atomic E-state index is 12.6. The van der Waals surface area contributed by atoms with E-state index in [2.05, 4.69) is 30.1 Å². The Kier molecular flexibility index (Phi) is 10.9. The maximum Gasteiger partial charge on any atom is 0.308 e. The molecule has 1 aromatic rings. The van der Waals surface area contributed by atoms with Gasteiger partial charge in [-0.25, -0.2) is 9.97 Å². The summed E-state index contributed by atoms with van der Waals surface area (Å²) < 4.78 is 4.86. The van der Waals surface area contributed by atoms with Crippen LogP contribution < -0.4 is 10.2 Å². The van der Waals surface area contributed by atoms with E-state index >= 15 is 0 Å². The minimum Gasteiger partial charge on any atom is -0.469 e. The number of nitrogens with zero attached hydrogens (tertiary/aromatic N) is 6. The van der Waals surface area contributed by atoms with Gasteiger partial charge in [-0.15, -0.1) is 24.0 Å². The number of aliphatic imine (C=N–C) groups is 1. The lowest BCUT2D eigenvalue weighted by molar-refractivity contribution is -0.146. The number of nitrogens with one attached hydrogen (secondary N) is 1. The van der Waals surface area contributed by atoms with E-state index in [4.69, 9.17) is 4.74 Å². The summed E-state index contributed by atoms with van der Waals surface area (Å²) in [6.07, 6.45) is 5.36. The number of methoxy groups -OCH3 is 1. The standard InChI is InChI=1S/C21H33N7O3.HI/c1-3-22-20(27-11-6-17(7-12-27)19(30)31-2)25-10-5-18(29)26-13-15-28(16-14-26)21-23-8-4-9-24-21;/h4,8-9,17H,3,5-7,10-16H2,1-2H3,(H,22,25);1H. The first-order chi connectivity index (χ1) is 15.1. The number of hydrogen-bond donors (Lipinski definition) is 1. The molecule has 2 saturated heterocycles. The predicted molar refractivity (Wildman–Crippen MR) is 133 cm³/mol. The second-order valence-electron chi connectivity index (χ2n) is 7.69. The zero-order valence-corrected chi connectivity index (χ0v) is 21.2. The highest BCUT2D eigenvalue weighted by molar-refractivity contribution is 14.0. The van der Waals surface area contributed by atoms with Crippen LogP contribution >= 0.6 is 24.0 Å². The first-order valence-electron chi connectivity index (χ1n) is 11.0. The summed E-state index contributed by atoms with van der Waals surface area (Å²) in [4.78, 5) is 43.7. The second-order valence-corrected chi connectivity index (χ2v) is 7.69. The summed E-state index contributed by atoms with van der Waals surface area (Å²) in [5.74, 6) is 1.48. The fraction of sp³-hybridized carbons (Fsp3) is 0.667. The van der Waals surface area contributed by atoms with Gasteiger partial charge in [0, 0.05) is 64.6 Å². The summed E-state index contributed by atoms with van der Waals surface area (Å²) in [6.45, 7) is 7.54. The molecule has 0 spiro atoms. The molecular formula is C21H34IN7O3. The number of rotatable bonds is 6. The molecule has 1 N–H and O–H groups in total. The molecule has 0 atom stereocenters. The molecule has 0 aliphatic carbocycles. The SMILES string of the molecule is CCNC(=NCCC(=O)N1CCN(c2ncccn2)CC1)N1CCC(C(=O)OC)CC1.I. The van der Waals surface area contributed by atoms with E-state index in [0.717, 1.165) is 51.5 Å². The van der Waals surface area contributed by atoms with Crippen LogP contribution in [0.5, 0.6) is 0 Å². The molecule has 2 aliphatic heterocycles. The molecule has 1 amide bonds. The molecule has 2 aliphatic rings. The van der Waals surface area contributed by atoms with Gasteiger partial charge in [-0.1, -0.05) is 0 Å². The van der Waals surface area contributed by atoms with Gasteiger partial charge in [-0.3, -0.25) is 14.6 Å². The van der Waals surface area contributed by atoms with Crippen molar-refractivity contribution in [2.75, 3.05) is 64.4 Å². The number of esters is 1. The first kappa shape index (κ1) is 26.1. The van der Waals surface area contributed by atoms with Gasteiger partial charge in [0.25, 0.3) is 0 Å². The summed E-state index contributed by atoms with van der Waals surface area (Å²) in [6, 6.07) is 1.80. The molecule has 0 unspecified atom stereocenters. The molecule has 178 valence electrons. The Balaban J connectivity index is 0.00000363. The molecule has 11 heteroatoms. The molecule has 0 bridgehead atoms. The van der Waals surface area contributed by atoms with Crippen molar-refractivity contribution < 1.29 is 14.3 Å². The van der Waals surface area contributed by atoms with Gasteiger partial charge in [-0.2, -0.15) is 0 Å². The third-order valence-electron chi connectivity index (χ3n) is 5.72. The van der Waals surface area contributed by atoms with Crippen molar-refractivity contribution in [1.29, 1.82) is 0 Å². The van der Waals surface area contributed by atoms with Crippen LogP contribution in [0.1, 0.15) is 26.2 Å². The summed E-state index contributed by atoms with van der Waals surface area (Å²) >= 11 is 0. The predicted octanol–water partition coefficient (Wildman–Crippen LogP) is 0.984. The highest BCUT2D eigenvalue weighted by Crippen LogP contribution is 2.18. The molecule has 0 aromatic carbocycles. The fourth-order valence-corrected chi connectivity index (χ4v) is 3.95. The molecule has 0 radical (unpaired) electrons. The Morgan fingerprint density at radius 3 is 2.34 bits per heavy atom. The van der Waals surface area contributed by atoms with Crippen LogP contribution in [0, 0.1) is 5.92 Å². The number of ether oxygens (including phenoxy) is 1. The molecule has 3 heterocycles. The van der Waals surface area contributed by atoms with Crippen LogP contribution in [-0.2, 0) is 14.3 Å². The highest BCUT2D eigenvalue weighted by atomic mass is 127. The van der Waals surface area contributed by atoms with Crippen molar-refractivity contribution in [2.45, 2.75) is 26.2 Å². The van der Waals surface area contributed by atoms with E-state index in [9.17, 15) is 9.59 Å². The molecule has 2 fully saturated rings. The van der Waals surface area contributed by atoms with Gasteiger partial charge in [0.05, 0.1) is 19.6 Å². The zero-order valence-electron chi connectivity index (χ0n) is 18.9. The molecular weight excluding hydrogens is 525 g/mol.